The molecule has 0 radical (unpaired) electrons. The van der Waals surface area contributed by atoms with Crippen LogP contribution in [-0.4, -0.2) is 11.1 Å². The number of halogens is 1. The van der Waals surface area contributed by atoms with E-state index in [-0.39, 0.29) is 5.56 Å². The molecule has 2 rings (SSSR count). The first kappa shape index (κ1) is 9.30. The SMILES string of the molecule is Nc1c(Cl)sc2cccc(C(=O)O)c12. The zero-order valence-electron chi connectivity index (χ0n) is 6.95. The molecule has 0 spiro atoms. The zero-order valence-corrected chi connectivity index (χ0v) is 8.52. The van der Waals surface area contributed by atoms with Crippen molar-refractivity contribution in [3.63, 3.8) is 0 Å². The molecule has 5 heteroatoms. The van der Waals surface area contributed by atoms with Crippen LogP contribution in [0.25, 0.3) is 10.1 Å². The number of hydrogen-bond donors (Lipinski definition) is 2. The first-order valence-electron chi connectivity index (χ1n) is 3.81. The monoisotopic (exact) mass is 227 g/mol. The van der Waals surface area contributed by atoms with Gasteiger partial charge in [-0.2, -0.15) is 0 Å². The summed E-state index contributed by atoms with van der Waals surface area (Å²) in [5.74, 6) is -0.989. The Hall–Kier alpha value is -1.26. The highest BCUT2D eigenvalue weighted by atomic mass is 35.5. The highest BCUT2D eigenvalue weighted by molar-refractivity contribution is 7.23. The number of nitrogen functional groups attached to an aromatic ring is 1. The molecule has 0 aliphatic rings. The van der Waals surface area contributed by atoms with Crippen LogP contribution in [0.2, 0.25) is 4.34 Å². The lowest BCUT2D eigenvalue weighted by atomic mass is 10.1. The second-order valence-electron chi connectivity index (χ2n) is 2.77. The second-order valence-corrected chi connectivity index (χ2v) is 4.43. The number of rotatable bonds is 1. The average molecular weight is 228 g/mol. The number of fused-ring (bicyclic) bond motifs is 1. The zero-order chi connectivity index (χ0) is 10.3. The van der Waals surface area contributed by atoms with E-state index in [0.717, 1.165) is 4.70 Å². The lowest BCUT2D eigenvalue weighted by Crippen LogP contribution is -1.97. The molecule has 0 fully saturated rings. The third-order valence-electron chi connectivity index (χ3n) is 1.94. The van der Waals surface area contributed by atoms with Gasteiger partial charge in [0.05, 0.1) is 11.3 Å². The van der Waals surface area contributed by atoms with Crippen LogP contribution >= 0.6 is 22.9 Å². The highest BCUT2D eigenvalue weighted by Gasteiger charge is 2.14. The summed E-state index contributed by atoms with van der Waals surface area (Å²) < 4.78 is 1.24. The van der Waals surface area contributed by atoms with Gasteiger partial charge in [-0.05, 0) is 12.1 Å². The molecule has 3 nitrogen and oxygen atoms in total. The van der Waals surface area contributed by atoms with Crippen molar-refractivity contribution in [1.29, 1.82) is 0 Å². The molecule has 2 aromatic rings. The van der Waals surface area contributed by atoms with Crippen LogP contribution in [0.1, 0.15) is 10.4 Å². The number of hydrogen-bond acceptors (Lipinski definition) is 3. The molecule has 0 aliphatic heterocycles. The van der Waals surface area contributed by atoms with Gasteiger partial charge in [0.15, 0.2) is 0 Å². The Labute approximate surface area is 88.7 Å². The Morgan fingerprint density at radius 1 is 1.50 bits per heavy atom. The number of aromatic carboxylic acids is 1. The van der Waals surface area contributed by atoms with Gasteiger partial charge in [-0.15, -0.1) is 11.3 Å². The lowest BCUT2D eigenvalue weighted by Gasteiger charge is -1.97. The number of thiophene rings is 1. The van der Waals surface area contributed by atoms with Gasteiger partial charge < -0.3 is 10.8 Å². The summed E-state index contributed by atoms with van der Waals surface area (Å²) in [6, 6.07) is 5.00. The minimum absolute atomic E-state index is 0.197. The Kier molecular flexibility index (Phi) is 2.09. The number of benzene rings is 1. The van der Waals surface area contributed by atoms with Crippen molar-refractivity contribution in [1.82, 2.24) is 0 Å². The molecule has 1 aromatic heterocycles. The quantitative estimate of drug-likeness (QED) is 0.788. The van der Waals surface area contributed by atoms with Crippen LogP contribution in [0.5, 0.6) is 0 Å². The molecule has 1 heterocycles. The molecule has 72 valence electrons. The molecule has 3 N–H and O–H groups in total. The molecule has 0 saturated heterocycles. The summed E-state index contributed by atoms with van der Waals surface area (Å²) in [6.45, 7) is 0. The third-order valence-corrected chi connectivity index (χ3v) is 3.33. The maximum absolute atomic E-state index is 10.9. The predicted octanol–water partition coefficient (Wildman–Crippen LogP) is 2.84. The van der Waals surface area contributed by atoms with Gasteiger partial charge >= 0.3 is 5.97 Å². The number of anilines is 1. The smallest absolute Gasteiger partial charge is 0.336 e. The number of carboxylic acids is 1. The van der Waals surface area contributed by atoms with Crippen molar-refractivity contribution in [2.24, 2.45) is 0 Å². The Bertz CT molecular complexity index is 521. The van der Waals surface area contributed by atoms with Crippen molar-refractivity contribution in [2.75, 3.05) is 5.73 Å². The van der Waals surface area contributed by atoms with E-state index in [1.54, 1.807) is 12.1 Å². The topological polar surface area (TPSA) is 63.3 Å². The molecule has 0 bridgehead atoms. The number of carbonyl (C=O) groups is 1. The molecular formula is C9H6ClNO2S. The fourth-order valence-corrected chi connectivity index (χ4v) is 2.54. The summed E-state index contributed by atoms with van der Waals surface area (Å²) in [4.78, 5) is 10.9. The summed E-state index contributed by atoms with van der Waals surface area (Å²) in [7, 11) is 0. The van der Waals surface area contributed by atoms with E-state index in [1.165, 1.54) is 17.4 Å². The van der Waals surface area contributed by atoms with Crippen LogP contribution in [0.15, 0.2) is 18.2 Å². The van der Waals surface area contributed by atoms with E-state index in [9.17, 15) is 4.79 Å². The lowest BCUT2D eigenvalue weighted by molar-refractivity contribution is 0.0699. The van der Waals surface area contributed by atoms with Crippen molar-refractivity contribution in [3.8, 4) is 0 Å². The van der Waals surface area contributed by atoms with Crippen molar-refractivity contribution in [2.45, 2.75) is 0 Å². The van der Waals surface area contributed by atoms with Crippen LogP contribution in [0, 0.1) is 0 Å². The van der Waals surface area contributed by atoms with Gasteiger partial charge in [-0.3, -0.25) is 0 Å². The number of nitrogens with two attached hydrogens (primary N) is 1. The van der Waals surface area contributed by atoms with E-state index >= 15 is 0 Å². The van der Waals surface area contributed by atoms with Gasteiger partial charge in [-0.1, -0.05) is 17.7 Å². The van der Waals surface area contributed by atoms with Crippen LogP contribution in [0.4, 0.5) is 5.69 Å². The van der Waals surface area contributed by atoms with Crippen molar-refractivity contribution >= 4 is 44.7 Å². The van der Waals surface area contributed by atoms with Gasteiger partial charge in [0, 0.05) is 10.1 Å². The van der Waals surface area contributed by atoms with E-state index in [4.69, 9.17) is 22.4 Å². The van der Waals surface area contributed by atoms with Crippen molar-refractivity contribution < 1.29 is 9.90 Å². The highest BCUT2D eigenvalue weighted by Crippen LogP contribution is 2.39. The van der Waals surface area contributed by atoms with E-state index in [2.05, 4.69) is 0 Å². The maximum atomic E-state index is 10.9. The minimum Gasteiger partial charge on any atom is -0.478 e. The molecule has 14 heavy (non-hydrogen) atoms. The summed E-state index contributed by atoms with van der Waals surface area (Å²) >= 11 is 7.12. The summed E-state index contributed by atoms with van der Waals surface area (Å²) in [5.41, 5.74) is 6.24. The van der Waals surface area contributed by atoms with E-state index < -0.39 is 5.97 Å². The largest absolute Gasteiger partial charge is 0.478 e. The molecule has 0 unspecified atom stereocenters. The first-order valence-corrected chi connectivity index (χ1v) is 5.00. The fourth-order valence-electron chi connectivity index (χ4n) is 1.32. The first-order chi connectivity index (χ1) is 6.61. The normalized spacial score (nSPS) is 10.6. The maximum Gasteiger partial charge on any atom is 0.336 e. The van der Waals surface area contributed by atoms with Gasteiger partial charge in [-0.25, -0.2) is 4.79 Å². The Morgan fingerprint density at radius 3 is 2.86 bits per heavy atom. The second kappa shape index (κ2) is 3.15. The molecule has 0 atom stereocenters. The molecule has 0 saturated carbocycles. The van der Waals surface area contributed by atoms with Crippen LogP contribution < -0.4 is 5.73 Å². The molecule has 0 amide bonds. The van der Waals surface area contributed by atoms with E-state index in [1.807, 2.05) is 0 Å². The Balaban J connectivity index is 2.91. The van der Waals surface area contributed by atoms with E-state index in [0.29, 0.717) is 15.4 Å². The average Bonchev–Trinajstić information content (AvgIpc) is 2.43. The summed E-state index contributed by atoms with van der Waals surface area (Å²) in [6.07, 6.45) is 0. The molecule has 1 aromatic carbocycles. The minimum atomic E-state index is -0.989. The Morgan fingerprint density at radius 2 is 2.21 bits per heavy atom. The predicted molar refractivity (Wildman–Crippen MR) is 58.2 cm³/mol. The van der Waals surface area contributed by atoms with Gasteiger partial charge in [0.2, 0.25) is 0 Å². The van der Waals surface area contributed by atoms with Crippen LogP contribution in [-0.2, 0) is 0 Å². The third kappa shape index (κ3) is 1.23. The fraction of sp³-hybridized carbons (Fsp3) is 0. The van der Waals surface area contributed by atoms with Crippen LogP contribution in [0.3, 0.4) is 0 Å². The molecule has 0 aliphatic carbocycles. The number of carboxylic acid groups (broad SMARTS) is 1. The van der Waals surface area contributed by atoms with Gasteiger partial charge in [0.1, 0.15) is 4.34 Å². The van der Waals surface area contributed by atoms with Crippen molar-refractivity contribution in [3.05, 3.63) is 28.1 Å². The standard InChI is InChI=1S/C9H6ClNO2S/c10-8-7(11)6-4(9(12)13)2-1-3-5(6)14-8/h1-3H,11H2,(H,12,13). The van der Waals surface area contributed by atoms with Gasteiger partial charge in [0.25, 0.3) is 0 Å². The summed E-state index contributed by atoms with van der Waals surface area (Å²) in [5, 5.41) is 9.46. The molecular weight excluding hydrogens is 222 g/mol.